The summed E-state index contributed by atoms with van der Waals surface area (Å²) in [6, 6.07) is 13.9. The third-order valence-corrected chi connectivity index (χ3v) is 5.92. The Labute approximate surface area is 210 Å². The van der Waals surface area contributed by atoms with Crippen molar-refractivity contribution in [3.63, 3.8) is 0 Å². The van der Waals surface area contributed by atoms with E-state index in [2.05, 4.69) is 10.4 Å². The normalized spacial score (nSPS) is 10.9. The number of anilines is 1. The Kier molecular flexibility index (Phi) is 7.20. The van der Waals surface area contributed by atoms with Gasteiger partial charge in [0, 0.05) is 11.2 Å². The molecule has 4 aromatic rings. The van der Waals surface area contributed by atoms with E-state index in [0.717, 1.165) is 11.1 Å². The summed E-state index contributed by atoms with van der Waals surface area (Å²) in [5, 5.41) is 8.82. The van der Waals surface area contributed by atoms with Gasteiger partial charge in [0.05, 0.1) is 16.6 Å². The summed E-state index contributed by atoms with van der Waals surface area (Å²) in [6.45, 7) is 2.46. The standard InChI is InChI=1S/C23H17Cl4N3O3/c1-13-8-15(24)3-6-20(13)32-12-16-4-7-21(33-16)23(31)28-22-19(27)11-30(29-22)10-14-2-5-17(25)18(26)9-14/h2-9,11H,10,12H2,1H3,(H,28,29,31). The van der Waals surface area contributed by atoms with Gasteiger partial charge in [-0.15, -0.1) is 0 Å². The molecule has 1 N–H and O–H groups in total. The minimum absolute atomic E-state index is 0.108. The molecule has 0 aliphatic carbocycles. The second-order valence-corrected chi connectivity index (χ2v) is 8.85. The van der Waals surface area contributed by atoms with E-state index in [1.54, 1.807) is 47.3 Å². The number of ether oxygens (including phenoxy) is 1. The van der Waals surface area contributed by atoms with Crippen molar-refractivity contribution >= 4 is 58.1 Å². The van der Waals surface area contributed by atoms with Crippen molar-refractivity contribution in [2.45, 2.75) is 20.1 Å². The molecule has 0 spiro atoms. The van der Waals surface area contributed by atoms with Crippen LogP contribution in [0.4, 0.5) is 5.82 Å². The van der Waals surface area contributed by atoms with Gasteiger partial charge in [0.25, 0.3) is 5.91 Å². The van der Waals surface area contributed by atoms with Crippen molar-refractivity contribution in [3.05, 3.63) is 97.5 Å². The van der Waals surface area contributed by atoms with Gasteiger partial charge < -0.3 is 14.5 Å². The lowest BCUT2D eigenvalue weighted by atomic mass is 10.2. The molecule has 0 bridgehead atoms. The maximum absolute atomic E-state index is 12.6. The van der Waals surface area contributed by atoms with E-state index in [1.807, 2.05) is 19.1 Å². The minimum atomic E-state index is -0.481. The number of amides is 1. The predicted molar refractivity (Wildman–Crippen MR) is 130 cm³/mol. The van der Waals surface area contributed by atoms with Crippen LogP contribution in [0.25, 0.3) is 0 Å². The van der Waals surface area contributed by atoms with E-state index in [0.29, 0.717) is 33.1 Å². The van der Waals surface area contributed by atoms with Gasteiger partial charge in [-0.3, -0.25) is 9.48 Å². The van der Waals surface area contributed by atoms with Gasteiger partial charge in [-0.25, -0.2) is 0 Å². The quantitative estimate of drug-likeness (QED) is 0.276. The van der Waals surface area contributed by atoms with Crippen LogP contribution in [0.2, 0.25) is 20.1 Å². The maximum atomic E-state index is 12.6. The fourth-order valence-electron chi connectivity index (χ4n) is 3.06. The molecule has 4 rings (SSSR count). The number of aryl methyl sites for hydroxylation is 1. The molecule has 10 heteroatoms. The van der Waals surface area contributed by atoms with Crippen LogP contribution in [-0.4, -0.2) is 15.7 Å². The molecule has 33 heavy (non-hydrogen) atoms. The molecular formula is C23H17Cl4N3O3. The van der Waals surface area contributed by atoms with Crippen LogP contribution < -0.4 is 10.1 Å². The number of rotatable bonds is 7. The number of nitrogens with zero attached hydrogens (tertiary/aromatic N) is 2. The highest BCUT2D eigenvalue weighted by molar-refractivity contribution is 6.42. The Morgan fingerprint density at radius 3 is 2.61 bits per heavy atom. The lowest BCUT2D eigenvalue weighted by molar-refractivity contribution is 0.0992. The van der Waals surface area contributed by atoms with E-state index in [1.165, 1.54) is 0 Å². The number of halogens is 4. The number of hydrogen-bond donors (Lipinski definition) is 1. The fraction of sp³-hybridized carbons (Fsp3) is 0.130. The second kappa shape index (κ2) is 10.1. The number of hydrogen-bond acceptors (Lipinski definition) is 4. The van der Waals surface area contributed by atoms with Crippen molar-refractivity contribution in [2.75, 3.05) is 5.32 Å². The Morgan fingerprint density at radius 1 is 1.03 bits per heavy atom. The molecule has 2 aromatic carbocycles. The summed E-state index contributed by atoms with van der Waals surface area (Å²) in [6.07, 6.45) is 1.61. The van der Waals surface area contributed by atoms with Crippen LogP contribution in [0.1, 0.15) is 27.4 Å². The lowest BCUT2D eigenvalue weighted by Gasteiger charge is -2.07. The average molecular weight is 525 g/mol. The van der Waals surface area contributed by atoms with Crippen molar-refractivity contribution < 1.29 is 13.9 Å². The molecular weight excluding hydrogens is 508 g/mol. The Bertz CT molecular complexity index is 1320. The molecule has 2 aromatic heterocycles. The molecule has 0 radical (unpaired) electrons. The number of carbonyl (C=O) groups is 1. The second-order valence-electron chi connectivity index (χ2n) is 7.19. The summed E-state index contributed by atoms with van der Waals surface area (Å²) in [7, 11) is 0. The van der Waals surface area contributed by atoms with Gasteiger partial charge in [0.15, 0.2) is 11.6 Å². The zero-order chi connectivity index (χ0) is 23.5. The van der Waals surface area contributed by atoms with Crippen LogP contribution in [-0.2, 0) is 13.2 Å². The lowest BCUT2D eigenvalue weighted by Crippen LogP contribution is -2.12. The molecule has 0 unspecified atom stereocenters. The third kappa shape index (κ3) is 5.84. The van der Waals surface area contributed by atoms with E-state index in [4.69, 9.17) is 55.6 Å². The van der Waals surface area contributed by atoms with E-state index >= 15 is 0 Å². The summed E-state index contributed by atoms with van der Waals surface area (Å²) in [5.41, 5.74) is 1.78. The highest BCUT2D eigenvalue weighted by Gasteiger charge is 2.16. The van der Waals surface area contributed by atoms with Crippen LogP contribution in [0.5, 0.6) is 5.75 Å². The van der Waals surface area contributed by atoms with Crippen LogP contribution in [0, 0.1) is 6.92 Å². The van der Waals surface area contributed by atoms with Gasteiger partial charge in [-0.05, 0) is 60.5 Å². The highest BCUT2D eigenvalue weighted by Crippen LogP contribution is 2.26. The van der Waals surface area contributed by atoms with E-state index in [9.17, 15) is 4.79 Å². The number of nitrogens with one attached hydrogen (secondary N) is 1. The number of carbonyl (C=O) groups excluding carboxylic acids is 1. The first-order valence-corrected chi connectivity index (χ1v) is 11.3. The predicted octanol–water partition coefficient (Wildman–Crippen LogP) is 7.28. The Balaban J connectivity index is 1.38. The average Bonchev–Trinajstić information content (AvgIpc) is 3.37. The van der Waals surface area contributed by atoms with Gasteiger partial charge in [-0.1, -0.05) is 52.5 Å². The monoisotopic (exact) mass is 523 g/mol. The molecule has 0 saturated heterocycles. The molecule has 0 aliphatic rings. The topological polar surface area (TPSA) is 69.3 Å². The SMILES string of the molecule is Cc1cc(Cl)ccc1OCc1ccc(C(=O)Nc2nn(Cc3ccc(Cl)c(Cl)c3)cc2Cl)o1. The zero-order valence-electron chi connectivity index (χ0n) is 17.2. The highest BCUT2D eigenvalue weighted by atomic mass is 35.5. The first-order chi connectivity index (χ1) is 15.8. The summed E-state index contributed by atoms with van der Waals surface area (Å²) < 4.78 is 12.9. The van der Waals surface area contributed by atoms with Gasteiger partial charge in [-0.2, -0.15) is 5.10 Å². The van der Waals surface area contributed by atoms with E-state index < -0.39 is 5.91 Å². The van der Waals surface area contributed by atoms with Crippen molar-refractivity contribution in [1.29, 1.82) is 0 Å². The summed E-state index contributed by atoms with van der Waals surface area (Å²) in [5.74, 6) is 1.02. The van der Waals surface area contributed by atoms with Crippen LogP contribution >= 0.6 is 46.4 Å². The molecule has 170 valence electrons. The van der Waals surface area contributed by atoms with Crippen LogP contribution in [0.3, 0.4) is 0 Å². The molecule has 6 nitrogen and oxygen atoms in total. The fourth-order valence-corrected chi connectivity index (χ4v) is 3.80. The molecule has 0 aliphatic heterocycles. The number of aromatic nitrogens is 2. The minimum Gasteiger partial charge on any atom is -0.485 e. The molecule has 0 saturated carbocycles. The Hall–Kier alpha value is -2.64. The summed E-state index contributed by atoms with van der Waals surface area (Å²) in [4.78, 5) is 12.6. The smallest absolute Gasteiger partial charge is 0.292 e. The molecule has 1 amide bonds. The van der Waals surface area contributed by atoms with Crippen molar-refractivity contribution in [2.24, 2.45) is 0 Å². The van der Waals surface area contributed by atoms with Crippen LogP contribution in [0.15, 0.2) is 59.1 Å². The van der Waals surface area contributed by atoms with Gasteiger partial charge >= 0.3 is 0 Å². The molecule has 0 fully saturated rings. The number of benzene rings is 2. The maximum Gasteiger partial charge on any atom is 0.292 e. The summed E-state index contributed by atoms with van der Waals surface area (Å²) >= 11 is 24.2. The van der Waals surface area contributed by atoms with Gasteiger partial charge in [0.2, 0.25) is 0 Å². The molecule has 0 atom stereocenters. The first kappa shape index (κ1) is 23.5. The van der Waals surface area contributed by atoms with Crippen molar-refractivity contribution in [1.82, 2.24) is 9.78 Å². The van der Waals surface area contributed by atoms with Crippen molar-refractivity contribution in [3.8, 4) is 5.75 Å². The Morgan fingerprint density at radius 2 is 1.85 bits per heavy atom. The first-order valence-electron chi connectivity index (χ1n) is 9.74. The van der Waals surface area contributed by atoms with E-state index in [-0.39, 0.29) is 23.2 Å². The van der Waals surface area contributed by atoms with Gasteiger partial charge in [0.1, 0.15) is 23.1 Å². The largest absolute Gasteiger partial charge is 0.485 e. The zero-order valence-corrected chi connectivity index (χ0v) is 20.3. The third-order valence-electron chi connectivity index (χ3n) is 4.67. The molecule has 2 heterocycles. The number of furan rings is 1.